The maximum Gasteiger partial charge on any atom is 0.251 e. The number of methoxy groups -OCH3 is 1. The summed E-state index contributed by atoms with van der Waals surface area (Å²) in [6.07, 6.45) is 2.47. The van der Waals surface area contributed by atoms with Crippen LogP contribution in [0.3, 0.4) is 0 Å². The quantitative estimate of drug-likeness (QED) is 0.336. The zero-order valence-corrected chi connectivity index (χ0v) is 18.6. The molecule has 0 atom stereocenters. The van der Waals surface area contributed by atoms with E-state index in [9.17, 15) is 4.79 Å². The molecule has 32 heavy (non-hydrogen) atoms. The van der Waals surface area contributed by atoms with E-state index in [-0.39, 0.29) is 5.91 Å². The maximum atomic E-state index is 12.4. The van der Waals surface area contributed by atoms with E-state index in [0.717, 1.165) is 42.5 Å². The lowest BCUT2D eigenvalue weighted by molar-refractivity contribution is 0.0948. The summed E-state index contributed by atoms with van der Waals surface area (Å²) >= 11 is 0. The monoisotopic (exact) mass is 434 g/mol. The third-order valence-corrected chi connectivity index (χ3v) is 4.82. The Balaban J connectivity index is 1.53. The van der Waals surface area contributed by atoms with Gasteiger partial charge in [-0.25, -0.2) is 4.99 Å². The third kappa shape index (κ3) is 7.19. The van der Waals surface area contributed by atoms with E-state index in [0.29, 0.717) is 18.7 Å². The van der Waals surface area contributed by atoms with Crippen LogP contribution in [-0.2, 0) is 19.5 Å². The fourth-order valence-corrected chi connectivity index (χ4v) is 3.12. The molecule has 0 radical (unpaired) electrons. The maximum absolute atomic E-state index is 12.4. The van der Waals surface area contributed by atoms with E-state index in [1.54, 1.807) is 25.5 Å². The smallest absolute Gasteiger partial charge is 0.251 e. The predicted octanol–water partition coefficient (Wildman–Crippen LogP) is 3.52. The Morgan fingerprint density at radius 2 is 1.84 bits per heavy atom. The van der Waals surface area contributed by atoms with Crippen LogP contribution in [0.4, 0.5) is 0 Å². The van der Waals surface area contributed by atoms with Crippen LogP contribution in [0, 0.1) is 0 Å². The van der Waals surface area contributed by atoms with E-state index in [4.69, 9.17) is 9.15 Å². The normalized spacial score (nSPS) is 11.1. The molecular formula is C25H30N4O3. The second-order valence-electron chi connectivity index (χ2n) is 7.18. The topological polar surface area (TPSA) is 87.9 Å². The summed E-state index contributed by atoms with van der Waals surface area (Å²) in [5.74, 6) is 2.18. The predicted molar refractivity (Wildman–Crippen MR) is 126 cm³/mol. The van der Waals surface area contributed by atoms with Gasteiger partial charge in [0.1, 0.15) is 11.5 Å². The first-order chi connectivity index (χ1) is 15.7. The minimum atomic E-state index is -0.142. The van der Waals surface area contributed by atoms with Crippen LogP contribution < -0.4 is 20.7 Å². The summed E-state index contributed by atoms with van der Waals surface area (Å²) in [4.78, 5) is 17.1. The average Bonchev–Trinajstić information content (AvgIpc) is 3.35. The molecular weight excluding hydrogens is 404 g/mol. The van der Waals surface area contributed by atoms with Gasteiger partial charge in [0.2, 0.25) is 0 Å². The van der Waals surface area contributed by atoms with Gasteiger partial charge in [-0.05, 0) is 60.9 Å². The summed E-state index contributed by atoms with van der Waals surface area (Å²) < 4.78 is 10.4. The molecule has 0 aliphatic heterocycles. The number of hydrogen-bond donors (Lipinski definition) is 3. The van der Waals surface area contributed by atoms with E-state index in [2.05, 4.69) is 33.1 Å². The second kappa shape index (κ2) is 12.2. The Morgan fingerprint density at radius 1 is 1.00 bits per heavy atom. The third-order valence-electron chi connectivity index (χ3n) is 4.82. The van der Waals surface area contributed by atoms with Gasteiger partial charge in [-0.3, -0.25) is 4.79 Å². The Hall–Kier alpha value is -3.74. The molecule has 1 amide bonds. The van der Waals surface area contributed by atoms with Crippen LogP contribution in [0.2, 0.25) is 0 Å². The van der Waals surface area contributed by atoms with Crippen molar-refractivity contribution in [2.45, 2.75) is 26.4 Å². The number of furan rings is 1. The van der Waals surface area contributed by atoms with Crippen molar-refractivity contribution in [1.82, 2.24) is 16.0 Å². The molecule has 3 aromatic rings. The van der Waals surface area contributed by atoms with Gasteiger partial charge in [-0.2, -0.15) is 0 Å². The highest BCUT2D eigenvalue weighted by Crippen LogP contribution is 2.11. The molecule has 3 rings (SSSR count). The highest BCUT2D eigenvalue weighted by atomic mass is 16.5. The lowest BCUT2D eigenvalue weighted by Crippen LogP contribution is -2.38. The molecule has 0 aliphatic carbocycles. The van der Waals surface area contributed by atoms with Gasteiger partial charge in [0.15, 0.2) is 5.96 Å². The first-order valence-electron chi connectivity index (χ1n) is 10.7. The Morgan fingerprint density at radius 3 is 2.56 bits per heavy atom. The number of ether oxygens (including phenoxy) is 1. The van der Waals surface area contributed by atoms with Crippen LogP contribution in [0.1, 0.15) is 34.2 Å². The summed E-state index contributed by atoms with van der Waals surface area (Å²) in [5.41, 5.74) is 2.78. The van der Waals surface area contributed by atoms with Crippen molar-refractivity contribution in [3.8, 4) is 5.75 Å². The second-order valence-corrected chi connectivity index (χ2v) is 7.18. The first-order valence-corrected chi connectivity index (χ1v) is 10.7. The minimum absolute atomic E-state index is 0.142. The molecule has 0 saturated heterocycles. The molecule has 2 aromatic carbocycles. The van der Waals surface area contributed by atoms with Crippen LogP contribution in [0.5, 0.6) is 5.75 Å². The SMILES string of the molecule is CCNC(=NCc1cccc(C(=O)NCc2ccco2)c1)NCCc1ccc(OC)cc1. The number of hydrogen-bond acceptors (Lipinski definition) is 4. The number of aliphatic imine (C=N–C) groups is 1. The van der Waals surface area contributed by atoms with Crippen LogP contribution >= 0.6 is 0 Å². The van der Waals surface area contributed by atoms with Gasteiger partial charge in [0.25, 0.3) is 5.91 Å². The number of carbonyl (C=O) groups is 1. The van der Waals surface area contributed by atoms with E-state index < -0.39 is 0 Å². The van der Waals surface area contributed by atoms with Crippen LogP contribution in [-0.4, -0.2) is 32.1 Å². The zero-order valence-electron chi connectivity index (χ0n) is 18.6. The van der Waals surface area contributed by atoms with Crippen LogP contribution in [0.15, 0.2) is 76.3 Å². The van der Waals surface area contributed by atoms with Crippen molar-refractivity contribution in [3.63, 3.8) is 0 Å². The fourth-order valence-electron chi connectivity index (χ4n) is 3.12. The molecule has 0 bridgehead atoms. The molecule has 0 unspecified atom stereocenters. The van der Waals surface area contributed by atoms with Gasteiger partial charge < -0.3 is 25.1 Å². The minimum Gasteiger partial charge on any atom is -0.497 e. The fraction of sp³-hybridized carbons (Fsp3) is 0.280. The molecule has 7 heteroatoms. The molecule has 1 heterocycles. The van der Waals surface area contributed by atoms with Crippen molar-refractivity contribution >= 4 is 11.9 Å². The van der Waals surface area contributed by atoms with Crippen molar-refractivity contribution in [3.05, 3.63) is 89.4 Å². The molecule has 3 N–H and O–H groups in total. The lowest BCUT2D eigenvalue weighted by Gasteiger charge is -2.12. The number of nitrogens with one attached hydrogen (secondary N) is 3. The number of carbonyl (C=O) groups excluding carboxylic acids is 1. The number of rotatable bonds is 10. The molecule has 168 valence electrons. The zero-order chi connectivity index (χ0) is 22.6. The van der Waals surface area contributed by atoms with E-state index >= 15 is 0 Å². The average molecular weight is 435 g/mol. The number of amides is 1. The molecule has 0 aliphatic rings. The highest BCUT2D eigenvalue weighted by molar-refractivity contribution is 5.94. The van der Waals surface area contributed by atoms with E-state index in [1.165, 1.54) is 5.56 Å². The van der Waals surface area contributed by atoms with Crippen molar-refractivity contribution in [2.24, 2.45) is 4.99 Å². The number of guanidine groups is 1. The molecule has 0 saturated carbocycles. The van der Waals surface area contributed by atoms with Gasteiger partial charge in [-0.15, -0.1) is 0 Å². The van der Waals surface area contributed by atoms with Crippen molar-refractivity contribution in [1.29, 1.82) is 0 Å². The van der Waals surface area contributed by atoms with Gasteiger partial charge in [-0.1, -0.05) is 24.3 Å². The largest absolute Gasteiger partial charge is 0.497 e. The Labute approximate surface area is 188 Å². The van der Waals surface area contributed by atoms with Crippen molar-refractivity contribution in [2.75, 3.05) is 20.2 Å². The van der Waals surface area contributed by atoms with Crippen LogP contribution in [0.25, 0.3) is 0 Å². The number of nitrogens with zero attached hydrogens (tertiary/aromatic N) is 1. The number of benzene rings is 2. The summed E-state index contributed by atoms with van der Waals surface area (Å²) in [7, 11) is 1.67. The lowest BCUT2D eigenvalue weighted by atomic mass is 10.1. The molecule has 7 nitrogen and oxygen atoms in total. The molecule has 0 spiro atoms. The standard InChI is InChI=1S/C25H30N4O3/c1-3-26-25(27-14-13-19-9-11-22(31-2)12-10-19)29-17-20-6-4-7-21(16-20)24(30)28-18-23-8-5-15-32-23/h4-12,15-16H,3,13-14,17-18H2,1-2H3,(H,28,30)(H2,26,27,29). The van der Waals surface area contributed by atoms with E-state index in [1.807, 2.05) is 43.3 Å². The Kier molecular flexibility index (Phi) is 8.74. The summed E-state index contributed by atoms with van der Waals surface area (Å²) in [5, 5.41) is 9.48. The van der Waals surface area contributed by atoms with Gasteiger partial charge in [0, 0.05) is 18.7 Å². The Bertz CT molecular complexity index is 998. The van der Waals surface area contributed by atoms with Gasteiger partial charge in [0.05, 0.1) is 26.5 Å². The summed E-state index contributed by atoms with van der Waals surface area (Å²) in [6, 6.07) is 19.2. The van der Waals surface area contributed by atoms with Crippen molar-refractivity contribution < 1.29 is 13.9 Å². The first kappa shape index (κ1) is 22.9. The summed E-state index contributed by atoms with van der Waals surface area (Å²) in [6.45, 7) is 4.38. The molecule has 0 fully saturated rings. The van der Waals surface area contributed by atoms with Gasteiger partial charge >= 0.3 is 0 Å². The molecule has 1 aromatic heterocycles. The highest BCUT2D eigenvalue weighted by Gasteiger charge is 2.07.